The quantitative estimate of drug-likeness (QED) is 0.747. The molecule has 136 valence electrons. The van der Waals surface area contributed by atoms with E-state index in [0.29, 0.717) is 24.9 Å². The summed E-state index contributed by atoms with van der Waals surface area (Å²) in [4.78, 5) is 26.2. The maximum atomic E-state index is 11.7. The highest BCUT2D eigenvalue weighted by Crippen LogP contribution is 2.23. The SMILES string of the molecule is CC(Nc1nccc(N2CCOC2=O)n1)c1ccc(-c2ccccn2)cc1. The Labute approximate surface area is 157 Å². The van der Waals surface area contributed by atoms with Crippen molar-refractivity contribution >= 4 is 17.9 Å². The lowest BCUT2D eigenvalue weighted by Crippen LogP contribution is -2.25. The number of amides is 1. The van der Waals surface area contributed by atoms with Crippen LogP contribution in [0.3, 0.4) is 0 Å². The number of carbonyl (C=O) groups excluding carboxylic acids is 1. The largest absolute Gasteiger partial charge is 0.447 e. The summed E-state index contributed by atoms with van der Waals surface area (Å²) in [6, 6.07) is 15.8. The van der Waals surface area contributed by atoms with E-state index in [0.717, 1.165) is 16.8 Å². The fraction of sp³-hybridized carbons (Fsp3) is 0.200. The number of carbonyl (C=O) groups is 1. The van der Waals surface area contributed by atoms with Crippen LogP contribution < -0.4 is 10.2 Å². The summed E-state index contributed by atoms with van der Waals surface area (Å²) >= 11 is 0. The molecule has 0 saturated carbocycles. The first kappa shape index (κ1) is 17.0. The molecular weight excluding hydrogens is 342 g/mol. The van der Waals surface area contributed by atoms with Gasteiger partial charge in [-0.3, -0.25) is 9.88 Å². The number of nitrogens with one attached hydrogen (secondary N) is 1. The maximum absolute atomic E-state index is 11.7. The van der Waals surface area contributed by atoms with Crippen LogP contribution in [0.1, 0.15) is 18.5 Å². The van der Waals surface area contributed by atoms with Crippen LogP contribution in [-0.2, 0) is 4.74 Å². The number of cyclic esters (lactones) is 1. The molecule has 1 fully saturated rings. The van der Waals surface area contributed by atoms with E-state index < -0.39 is 0 Å². The van der Waals surface area contributed by atoms with Crippen LogP contribution in [0.25, 0.3) is 11.3 Å². The molecule has 1 atom stereocenters. The molecule has 1 saturated heterocycles. The van der Waals surface area contributed by atoms with Crippen LogP contribution in [0, 0.1) is 0 Å². The second-order valence-electron chi connectivity index (χ2n) is 6.21. The van der Waals surface area contributed by atoms with Gasteiger partial charge in [0.1, 0.15) is 12.4 Å². The number of pyridine rings is 1. The number of anilines is 2. The zero-order chi connectivity index (χ0) is 18.6. The number of hydrogen-bond acceptors (Lipinski definition) is 6. The average molecular weight is 361 g/mol. The van der Waals surface area contributed by atoms with Gasteiger partial charge in [0.05, 0.1) is 18.3 Å². The number of aromatic nitrogens is 3. The molecule has 1 amide bonds. The zero-order valence-corrected chi connectivity index (χ0v) is 14.9. The van der Waals surface area contributed by atoms with Gasteiger partial charge in [-0.25, -0.2) is 9.78 Å². The monoisotopic (exact) mass is 361 g/mol. The van der Waals surface area contributed by atoms with Crippen molar-refractivity contribution in [3.63, 3.8) is 0 Å². The van der Waals surface area contributed by atoms with Crippen LogP contribution in [0.4, 0.5) is 16.6 Å². The van der Waals surface area contributed by atoms with Gasteiger partial charge in [0.15, 0.2) is 0 Å². The van der Waals surface area contributed by atoms with Crippen molar-refractivity contribution in [1.29, 1.82) is 0 Å². The van der Waals surface area contributed by atoms with Gasteiger partial charge in [-0.05, 0) is 30.7 Å². The molecule has 4 rings (SSSR count). The Bertz CT molecular complexity index is 931. The molecule has 1 aromatic carbocycles. The number of rotatable bonds is 5. The van der Waals surface area contributed by atoms with E-state index >= 15 is 0 Å². The Morgan fingerprint density at radius 2 is 1.93 bits per heavy atom. The molecule has 3 heterocycles. The standard InChI is InChI=1S/C20H19N5O2/c1-14(15-5-7-16(8-6-15)17-4-2-3-10-21-17)23-19-22-11-9-18(24-19)25-12-13-27-20(25)26/h2-11,14H,12-13H2,1H3,(H,22,23,24). The molecule has 2 aromatic heterocycles. The molecule has 0 bridgehead atoms. The van der Waals surface area contributed by atoms with Crippen molar-refractivity contribution in [2.24, 2.45) is 0 Å². The molecule has 7 heteroatoms. The Balaban J connectivity index is 1.47. The molecule has 1 aliphatic heterocycles. The van der Waals surface area contributed by atoms with Gasteiger partial charge in [0.25, 0.3) is 0 Å². The third-order valence-corrected chi connectivity index (χ3v) is 4.40. The summed E-state index contributed by atoms with van der Waals surface area (Å²) in [7, 11) is 0. The van der Waals surface area contributed by atoms with Crippen LogP contribution >= 0.6 is 0 Å². The lowest BCUT2D eigenvalue weighted by molar-refractivity contribution is 0.181. The Morgan fingerprint density at radius 3 is 2.63 bits per heavy atom. The second kappa shape index (κ2) is 7.41. The molecule has 1 aliphatic rings. The van der Waals surface area contributed by atoms with Crippen molar-refractivity contribution in [3.05, 3.63) is 66.5 Å². The Kier molecular flexibility index (Phi) is 4.65. The molecule has 3 aromatic rings. The molecule has 0 radical (unpaired) electrons. The molecule has 1 unspecified atom stereocenters. The van der Waals surface area contributed by atoms with Crippen LogP contribution in [0.5, 0.6) is 0 Å². The highest BCUT2D eigenvalue weighted by Gasteiger charge is 2.25. The van der Waals surface area contributed by atoms with Crippen LogP contribution in [-0.4, -0.2) is 34.2 Å². The van der Waals surface area contributed by atoms with Crippen molar-refractivity contribution in [3.8, 4) is 11.3 Å². The topological polar surface area (TPSA) is 80.2 Å². The van der Waals surface area contributed by atoms with E-state index in [1.54, 1.807) is 18.5 Å². The molecular formula is C20H19N5O2. The van der Waals surface area contributed by atoms with E-state index in [1.165, 1.54) is 4.90 Å². The minimum Gasteiger partial charge on any atom is -0.447 e. The van der Waals surface area contributed by atoms with Gasteiger partial charge < -0.3 is 10.1 Å². The van der Waals surface area contributed by atoms with E-state index in [2.05, 4.69) is 32.4 Å². The average Bonchev–Trinajstić information content (AvgIpc) is 3.15. The Morgan fingerprint density at radius 1 is 1.07 bits per heavy atom. The molecule has 0 spiro atoms. The van der Waals surface area contributed by atoms with E-state index in [4.69, 9.17) is 4.74 Å². The van der Waals surface area contributed by atoms with Gasteiger partial charge in [-0.2, -0.15) is 4.98 Å². The lowest BCUT2D eigenvalue weighted by Gasteiger charge is -2.17. The second-order valence-corrected chi connectivity index (χ2v) is 6.21. The molecule has 27 heavy (non-hydrogen) atoms. The van der Waals surface area contributed by atoms with Gasteiger partial charge in [0, 0.05) is 18.0 Å². The summed E-state index contributed by atoms with van der Waals surface area (Å²) in [5, 5.41) is 3.28. The first-order chi connectivity index (χ1) is 13.2. The first-order valence-corrected chi connectivity index (χ1v) is 8.76. The van der Waals surface area contributed by atoms with Crippen molar-refractivity contribution in [2.75, 3.05) is 23.4 Å². The van der Waals surface area contributed by atoms with Crippen molar-refractivity contribution in [1.82, 2.24) is 15.0 Å². The van der Waals surface area contributed by atoms with Gasteiger partial charge in [0.2, 0.25) is 5.95 Å². The molecule has 0 aliphatic carbocycles. The predicted molar refractivity (Wildman–Crippen MR) is 102 cm³/mol. The smallest absolute Gasteiger partial charge is 0.415 e. The van der Waals surface area contributed by atoms with Crippen LogP contribution in [0.2, 0.25) is 0 Å². The maximum Gasteiger partial charge on any atom is 0.415 e. The van der Waals surface area contributed by atoms with Gasteiger partial charge in [-0.15, -0.1) is 0 Å². The summed E-state index contributed by atoms with van der Waals surface area (Å²) < 4.78 is 4.96. The summed E-state index contributed by atoms with van der Waals surface area (Å²) in [5.41, 5.74) is 3.11. The van der Waals surface area contributed by atoms with Crippen molar-refractivity contribution < 1.29 is 9.53 Å². The number of ether oxygens (including phenoxy) is 1. The lowest BCUT2D eigenvalue weighted by atomic mass is 10.0. The number of hydrogen-bond donors (Lipinski definition) is 1. The van der Waals surface area contributed by atoms with Crippen molar-refractivity contribution in [2.45, 2.75) is 13.0 Å². The summed E-state index contributed by atoms with van der Waals surface area (Å²) in [5.74, 6) is 1.00. The van der Waals surface area contributed by atoms with Crippen LogP contribution in [0.15, 0.2) is 60.9 Å². The predicted octanol–water partition coefficient (Wildman–Crippen LogP) is 3.67. The fourth-order valence-corrected chi connectivity index (χ4v) is 2.92. The van der Waals surface area contributed by atoms with Gasteiger partial charge >= 0.3 is 6.09 Å². The minimum atomic E-state index is -0.377. The van der Waals surface area contributed by atoms with Gasteiger partial charge in [-0.1, -0.05) is 30.3 Å². The fourth-order valence-electron chi connectivity index (χ4n) is 2.92. The van der Waals surface area contributed by atoms with E-state index in [9.17, 15) is 4.79 Å². The third kappa shape index (κ3) is 3.72. The molecule has 1 N–H and O–H groups in total. The van der Waals surface area contributed by atoms with E-state index in [1.807, 2.05) is 37.3 Å². The molecule has 7 nitrogen and oxygen atoms in total. The highest BCUT2D eigenvalue weighted by molar-refractivity contribution is 5.88. The summed E-state index contributed by atoms with van der Waals surface area (Å²) in [6.07, 6.45) is 3.04. The first-order valence-electron chi connectivity index (χ1n) is 8.76. The number of benzene rings is 1. The normalized spacial score (nSPS) is 14.7. The Hall–Kier alpha value is -3.48. The van der Waals surface area contributed by atoms with E-state index in [-0.39, 0.29) is 12.1 Å². The third-order valence-electron chi connectivity index (χ3n) is 4.40. The minimum absolute atomic E-state index is 0.00330. The summed E-state index contributed by atoms with van der Waals surface area (Å²) in [6.45, 7) is 2.92. The number of nitrogens with zero attached hydrogens (tertiary/aromatic N) is 4. The zero-order valence-electron chi connectivity index (χ0n) is 14.9. The highest BCUT2D eigenvalue weighted by atomic mass is 16.6.